The van der Waals surface area contributed by atoms with Crippen molar-refractivity contribution in [2.45, 2.75) is 52.6 Å². The summed E-state index contributed by atoms with van der Waals surface area (Å²) < 4.78 is 5.37. The van der Waals surface area contributed by atoms with Crippen LogP contribution >= 0.6 is 0 Å². The van der Waals surface area contributed by atoms with Crippen molar-refractivity contribution in [1.29, 1.82) is 0 Å². The standard InChI is InChI=1S/C15H25NO3/c1-6-8-9-11-10-16(7-2)13(17)12(11)14(18)19-15(3,4)5/h7,11-12H,2,6,8-10H2,1,3-5H3. The van der Waals surface area contributed by atoms with Crippen LogP contribution in [0.15, 0.2) is 12.8 Å². The Morgan fingerprint density at radius 3 is 2.63 bits per heavy atom. The second kappa shape index (κ2) is 6.22. The number of hydrogen-bond donors (Lipinski definition) is 0. The lowest BCUT2D eigenvalue weighted by Gasteiger charge is -2.23. The van der Waals surface area contributed by atoms with E-state index in [2.05, 4.69) is 13.5 Å². The van der Waals surface area contributed by atoms with Gasteiger partial charge in [-0.2, -0.15) is 0 Å². The Kier molecular flexibility index (Phi) is 5.15. The summed E-state index contributed by atoms with van der Waals surface area (Å²) in [6.45, 7) is 11.8. The summed E-state index contributed by atoms with van der Waals surface area (Å²) in [4.78, 5) is 25.9. The summed E-state index contributed by atoms with van der Waals surface area (Å²) in [5.41, 5.74) is -0.561. The molecule has 2 unspecified atom stereocenters. The van der Waals surface area contributed by atoms with E-state index in [1.54, 1.807) is 0 Å². The molecule has 1 rings (SSSR count). The molecule has 2 atom stereocenters. The molecule has 1 aliphatic heterocycles. The van der Waals surface area contributed by atoms with Crippen molar-refractivity contribution in [2.24, 2.45) is 11.8 Å². The molecule has 0 aliphatic carbocycles. The maximum absolute atomic E-state index is 12.2. The maximum atomic E-state index is 12.2. The van der Waals surface area contributed by atoms with E-state index in [4.69, 9.17) is 4.74 Å². The lowest BCUT2D eigenvalue weighted by atomic mass is 9.90. The monoisotopic (exact) mass is 267 g/mol. The highest BCUT2D eigenvalue weighted by Gasteiger charge is 2.45. The van der Waals surface area contributed by atoms with E-state index in [0.29, 0.717) is 6.54 Å². The Bertz CT molecular complexity index is 357. The van der Waals surface area contributed by atoms with E-state index in [0.717, 1.165) is 19.3 Å². The molecule has 1 fully saturated rings. The normalized spacial score (nSPS) is 23.6. The first-order valence-corrected chi connectivity index (χ1v) is 6.96. The van der Waals surface area contributed by atoms with Gasteiger partial charge in [0.15, 0.2) is 0 Å². The average Bonchev–Trinajstić information content (AvgIpc) is 2.60. The van der Waals surface area contributed by atoms with Gasteiger partial charge >= 0.3 is 5.97 Å². The Morgan fingerprint density at radius 2 is 2.16 bits per heavy atom. The lowest BCUT2D eigenvalue weighted by molar-refractivity contribution is -0.163. The molecule has 1 heterocycles. The van der Waals surface area contributed by atoms with E-state index < -0.39 is 17.5 Å². The van der Waals surface area contributed by atoms with Gasteiger partial charge in [-0.15, -0.1) is 0 Å². The topological polar surface area (TPSA) is 46.6 Å². The molecule has 0 aromatic heterocycles. The molecule has 0 aromatic carbocycles. The third-order valence-corrected chi connectivity index (χ3v) is 3.26. The summed E-state index contributed by atoms with van der Waals surface area (Å²) in [5, 5.41) is 0. The minimum Gasteiger partial charge on any atom is -0.459 e. The summed E-state index contributed by atoms with van der Waals surface area (Å²) in [5.74, 6) is -1.20. The SMILES string of the molecule is C=CN1CC(CCCC)C(C(=O)OC(C)(C)C)C1=O. The smallest absolute Gasteiger partial charge is 0.319 e. The molecular formula is C15H25NO3. The number of carbonyl (C=O) groups is 2. The lowest BCUT2D eigenvalue weighted by Crippen LogP contribution is -2.35. The largest absolute Gasteiger partial charge is 0.459 e. The first-order chi connectivity index (χ1) is 8.80. The van der Waals surface area contributed by atoms with Crippen molar-refractivity contribution in [3.8, 4) is 0 Å². The highest BCUT2D eigenvalue weighted by atomic mass is 16.6. The van der Waals surface area contributed by atoms with Crippen molar-refractivity contribution in [3.63, 3.8) is 0 Å². The number of likely N-dealkylation sites (tertiary alicyclic amines) is 1. The molecular weight excluding hydrogens is 242 g/mol. The maximum Gasteiger partial charge on any atom is 0.319 e. The van der Waals surface area contributed by atoms with Crippen LogP contribution in [0.3, 0.4) is 0 Å². The minimum atomic E-state index is -0.663. The molecule has 1 saturated heterocycles. The van der Waals surface area contributed by atoms with Gasteiger partial charge < -0.3 is 9.64 Å². The van der Waals surface area contributed by atoms with Crippen LogP contribution in [0.1, 0.15) is 47.0 Å². The zero-order valence-corrected chi connectivity index (χ0v) is 12.4. The Labute approximate surface area is 115 Å². The molecule has 0 saturated carbocycles. The van der Waals surface area contributed by atoms with E-state index >= 15 is 0 Å². The van der Waals surface area contributed by atoms with Crippen molar-refractivity contribution >= 4 is 11.9 Å². The van der Waals surface area contributed by atoms with Gasteiger partial charge in [-0.05, 0) is 39.3 Å². The van der Waals surface area contributed by atoms with Crippen LogP contribution in [-0.4, -0.2) is 28.9 Å². The third-order valence-electron chi connectivity index (χ3n) is 3.26. The zero-order chi connectivity index (χ0) is 14.6. The van der Waals surface area contributed by atoms with Gasteiger partial charge in [0.1, 0.15) is 11.5 Å². The number of unbranched alkanes of at least 4 members (excludes halogenated alkanes) is 1. The summed E-state index contributed by atoms with van der Waals surface area (Å²) in [6, 6.07) is 0. The van der Waals surface area contributed by atoms with Crippen molar-refractivity contribution in [2.75, 3.05) is 6.54 Å². The second-order valence-electron chi connectivity index (χ2n) is 6.09. The van der Waals surface area contributed by atoms with Gasteiger partial charge in [-0.3, -0.25) is 9.59 Å². The van der Waals surface area contributed by atoms with E-state index in [9.17, 15) is 9.59 Å². The molecule has 108 valence electrons. The summed E-state index contributed by atoms with van der Waals surface area (Å²) in [6.07, 6.45) is 4.45. The van der Waals surface area contributed by atoms with Gasteiger partial charge in [0.25, 0.3) is 0 Å². The van der Waals surface area contributed by atoms with Crippen LogP contribution in [0, 0.1) is 11.8 Å². The van der Waals surface area contributed by atoms with E-state index in [-0.39, 0.29) is 11.8 Å². The number of hydrogen-bond acceptors (Lipinski definition) is 3. The number of esters is 1. The fraction of sp³-hybridized carbons (Fsp3) is 0.733. The number of amides is 1. The van der Waals surface area contributed by atoms with Gasteiger partial charge in [-0.25, -0.2) is 0 Å². The molecule has 0 N–H and O–H groups in total. The predicted molar refractivity (Wildman–Crippen MR) is 74.3 cm³/mol. The van der Waals surface area contributed by atoms with Crippen LogP contribution in [-0.2, 0) is 14.3 Å². The van der Waals surface area contributed by atoms with E-state index in [1.165, 1.54) is 11.1 Å². The van der Waals surface area contributed by atoms with Gasteiger partial charge in [0.05, 0.1) is 0 Å². The summed E-state index contributed by atoms with van der Waals surface area (Å²) >= 11 is 0. The summed E-state index contributed by atoms with van der Waals surface area (Å²) in [7, 11) is 0. The molecule has 0 radical (unpaired) electrons. The van der Waals surface area contributed by atoms with Crippen LogP contribution in [0.2, 0.25) is 0 Å². The van der Waals surface area contributed by atoms with Gasteiger partial charge in [0.2, 0.25) is 5.91 Å². The minimum absolute atomic E-state index is 0.0419. The molecule has 4 heteroatoms. The fourth-order valence-corrected chi connectivity index (χ4v) is 2.38. The number of ether oxygens (including phenoxy) is 1. The Hall–Kier alpha value is -1.32. The van der Waals surface area contributed by atoms with Crippen LogP contribution in [0.4, 0.5) is 0 Å². The quantitative estimate of drug-likeness (QED) is 0.568. The van der Waals surface area contributed by atoms with Crippen LogP contribution in [0.25, 0.3) is 0 Å². The van der Waals surface area contributed by atoms with Crippen molar-refractivity contribution in [3.05, 3.63) is 12.8 Å². The molecule has 19 heavy (non-hydrogen) atoms. The zero-order valence-electron chi connectivity index (χ0n) is 12.4. The third kappa shape index (κ3) is 4.08. The molecule has 0 aromatic rings. The fourth-order valence-electron chi connectivity index (χ4n) is 2.38. The van der Waals surface area contributed by atoms with Crippen molar-refractivity contribution < 1.29 is 14.3 Å². The molecule has 1 amide bonds. The second-order valence-corrected chi connectivity index (χ2v) is 6.09. The highest BCUT2D eigenvalue weighted by molar-refractivity contribution is 6.00. The Morgan fingerprint density at radius 1 is 1.53 bits per heavy atom. The van der Waals surface area contributed by atoms with Crippen LogP contribution in [0.5, 0.6) is 0 Å². The molecule has 1 aliphatic rings. The number of nitrogens with zero attached hydrogens (tertiary/aromatic N) is 1. The van der Waals surface area contributed by atoms with Crippen molar-refractivity contribution in [1.82, 2.24) is 4.90 Å². The molecule has 4 nitrogen and oxygen atoms in total. The average molecular weight is 267 g/mol. The molecule has 0 spiro atoms. The number of carbonyl (C=O) groups excluding carboxylic acids is 2. The van der Waals surface area contributed by atoms with Gasteiger partial charge in [0, 0.05) is 6.54 Å². The first-order valence-electron chi connectivity index (χ1n) is 6.96. The van der Waals surface area contributed by atoms with Gasteiger partial charge in [-0.1, -0.05) is 26.3 Å². The van der Waals surface area contributed by atoms with E-state index in [1.807, 2.05) is 20.8 Å². The first kappa shape index (κ1) is 15.7. The predicted octanol–water partition coefficient (Wildman–Crippen LogP) is 2.74. The highest BCUT2D eigenvalue weighted by Crippen LogP contribution is 2.31. The molecule has 0 bridgehead atoms. The van der Waals surface area contributed by atoms with Crippen LogP contribution < -0.4 is 0 Å². The number of rotatable bonds is 5. The Balaban J connectivity index is 2.82.